The molecule has 4 aromatic rings. The largest absolute Gasteiger partial charge is 0.277 e. The molecular weight excluding hydrogens is 412 g/mol. The third-order valence-electron chi connectivity index (χ3n) is 7.96. The van der Waals surface area contributed by atoms with Crippen molar-refractivity contribution in [2.75, 3.05) is 21.7 Å². The van der Waals surface area contributed by atoms with Crippen LogP contribution in [0.4, 0.5) is 22.7 Å². The molecule has 152 valence electrons. The monoisotopic (exact) mass is 424 g/mol. The second-order valence-electron chi connectivity index (χ2n) is 9.16. The van der Waals surface area contributed by atoms with Crippen LogP contribution in [0.1, 0.15) is 22.3 Å². The first-order valence-corrected chi connectivity index (χ1v) is 10.9. The molecular formula is C25H12N8. The summed E-state index contributed by atoms with van der Waals surface area (Å²) in [6.07, 6.45) is 0. The highest BCUT2D eigenvalue weighted by Gasteiger charge is 2.54. The summed E-state index contributed by atoms with van der Waals surface area (Å²) in [6.45, 7) is 0. The molecule has 15 bridgehead atoms. The molecule has 0 fully saturated rings. The number of nitrogens with one attached hydrogen (secondary N) is 4. The maximum absolute atomic E-state index is 4.96. The van der Waals surface area contributed by atoms with Gasteiger partial charge in [0.2, 0.25) is 0 Å². The van der Waals surface area contributed by atoms with Crippen molar-refractivity contribution >= 4 is 22.7 Å². The number of fused-ring (bicyclic) bond motifs is 2. The third-order valence-corrected chi connectivity index (χ3v) is 7.96. The number of hydrogen-bond acceptors (Lipinski definition) is 8. The Labute approximate surface area is 184 Å². The number of benzene rings is 4. The highest BCUT2D eigenvalue weighted by molar-refractivity contribution is 6.00. The van der Waals surface area contributed by atoms with Crippen LogP contribution in [0.2, 0.25) is 0 Å². The Bertz CT molecular complexity index is 2090. The van der Waals surface area contributed by atoms with E-state index in [-0.39, 0.29) is 0 Å². The molecule has 8 nitrogen and oxygen atoms in total. The highest BCUT2D eigenvalue weighted by Crippen LogP contribution is 2.62. The molecule has 0 aromatic heterocycles. The molecule has 4 aromatic carbocycles. The van der Waals surface area contributed by atoms with Gasteiger partial charge in [-0.2, -0.15) is 20.4 Å². The lowest BCUT2D eigenvalue weighted by Crippen LogP contribution is -2.50. The van der Waals surface area contributed by atoms with E-state index in [2.05, 4.69) is 75.3 Å². The van der Waals surface area contributed by atoms with Crippen molar-refractivity contribution in [3.8, 4) is 11.1 Å². The lowest BCUT2D eigenvalue weighted by Gasteiger charge is -2.33. The molecule has 2 aliphatic carbocycles. The number of anilines is 4. The lowest BCUT2D eigenvalue weighted by atomic mass is 9.69. The quantitative estimate of drug-likeness (QED) is 0.297. The van der Waals surface area contributed by atoms with Gasteiger partial charge in [0.1, 0.15) is 21.4 Å². The zero-order chi connectivity index (χ0) is 21.1. The summed E-state index contributed by atoms with van der Waals surface area (Å²) in [5, 5.41) is 24.6. The van der Waals surface area contributed by atoms with E-state index >= 15 is 0 Å². The number of rotatable bonds is 0. The molecule has 0 radical (unpaired) electrons. The van der Waals surface area contributed by atoms with Gasteiger partial charge >= 0.3 is 0 Å². The van der Waals surface area contributed by atoms with E-state index in [9.17, 15) is 0 Å². The van der Waals surface area contributed by atoms with Crippen molar-refractivity contribution < 1.29 is 0 Å². The fourth-order valence-corrected chi connectivity index (χ4v) is 6.83. The summed E-state index contributed by atoms with van der Waals surface area (Å²) in [6, 6.07) is 17.3. The molecule has 4 N–H and O–H groups in total. The van der Waals surface area contributed by atoms with Gasteiger partial charge in [-0.15, -0.1) is 0 Å². The Hall–Kier alpha value is -4.72. The molecule has 4 aliphatic heterocycles. The average molecular weight is 424 g/mol. The molecule has 1 atom stereocenters. The summed E-state index contributed by atoms with van der Waals surface area (Å²) < 4.78 is 0. The van der Waals surface area contributed by atoms with Gasteiger partial charge < -0.3 is 0 Å². The van der Waals surface area contributed by atoms with E-state index < -0.39 is 5.41 Å². The molecule has 33 heavy (non-hydrogen) atoms. The van der Waals surface area contributed by atoms with Crippen LogP contribution < -0.4 is 43.1 Å². The van der Waals surface area contributed by atoms with Crippen LogP contribution in [0.3, 0.4) is 0 Å². The van der Waals surface area contributed by atoms with Crippen molar-refractivity contribution in [3.05, 3.63) is 103 Å². The molecule has 10 rings (SSSR count). The first kappa shape index (κ1) is 15.1. The summed E-state index contributed by atoms with van der Waals surface area (Å²) >= 11 is 0. The minimum absolute atomic E-state index is 0.484. The van der Waals surface area contributed by atoms with E-state index in [4.69, 9.17) is 15.3 Å². The van der Waals surface area contributed by atoms with Gasteiger partial charge in [-0.05, 0) is 34.9 Å². The second-order valence-corrected chi connectivity index (χ2v) is 9.16. The van der Waals surface area contributed by atoms with Gasteiger partial charge in [-0.1, -0.05) is 30.3 Å². The Morgan fingerprint density at radius 1 is 0.515 bits per heavy atom. The summed E-state index contributed by atoms with van der Waals surface area (Å²) in [7, 11) is 0. The van der Waals surface area contributed by atoms with Crippen LogP contribution in [0.25, 0.3) is 11.1 Å². The van der Waals surface area contributed by atoms with Crippen LogP contribution in [-0.2, 0) is 5.41 Å². The predicted molar refractivity (Wildman–Crippen MR) is 121 cm³/mol. The Morgan fingerprint density at radius 2 is 1.18 bits per heavy atom. The maximum atomic E-state index is 4.96. The topological polar surface area (TPSA) is 97.6 Å². The van der Waals surface area contributed by atoms with Gasteiger partial charge in [0.05, 0.1) is 28.2 Å². The smallest absolute Gasteiger partial charge is 0.141 e. The SMILES string of the molecule is c1cc2c3c(c1)C14c5cccc(c5-3)NN=c3c5c1c1c(c3=NNc3ccc4c=5c3=NN2)=NN1. The lowest BCUT2D eigenvalue weighted by molar-refractivity contribution is 0.773. The average Bonchev–Trinajstić information content (AvgIpc) is 3.25. The fourth-order valence-electron chi connectivity index (χ4n) is 6.83. The summed E-state index contributed by atoms with van der Waals surface area (Å²) in [5.41, 5.74) is 24.0. The van der Waals surface area contributed by atoms with Gasteiger partial charge in [0, 0.05) is 27.1 Å². The highest BCUT2D eigenvalue weighted by atomic mass is 15.4. The summed E-state index contributed by atoms with van der Waals surface area (Å²) in [5.74, 6) is 0. The van der Waals surface area contributed by atoms with Crippen molar-refractivity contribution in [2.24, 2.45) is 20.4 Å². The molecule has 1 spiro atoms. The fraction of sp³-hybridized carbons (Fsp3) is 0.0400. The van der Waals surface area contributed by atoms with Gasteiger partial charge in [0.25, 0.3) is 0 Å². The standard InChI is InChI=1S/C25H12N8/c1-3-9-15-12(5-1)26-29-20-14-8-7-11-17(20)18-19-22-24(33-31-22)23(32-28-14)21(18)30-27-13-6-2-4-10(16(13)15)25(9,11)19/h1-8,26-28,31H. The zero-order valence-electron chi connectivity index (χ0n) is 16.9. The maximum Gasteiger partial charge on any atom is 0.141 e. The molecule has 4 heterocycles. The van der Waals surface area contributed by atoms with Gasteiger partial charge in [0.15, 0.2) is 0 Å². The minimum atomic E-state index is -0.484. The van der Waals surface area contributed by atoms with Crippen molar-refractivity contribution in [1.82, 2.24) is 0 Å². The normalized spacial score (nSPS) is 20.4. The first-order chi connectivity index (χ1) is 16.4. The van der Waals surface area contributed by atoms with E-state index in [0.717, 1.165) is 54.6 Å². The number of hydrogen-bond donors (Lipinski definition) is 4. The molecule has 8 heteroatoms. The van der Waals surface area contributed by atoms with E-state index in [1.165, 1.54) is 33.4 Å². The molecule has 0 amide bonds. The van der Waals surface area contributed by atoms with Crippen LogP contribution in [0, 0.1) is 10.4 Å². The Kier molecular flexibility index (Phi) is 2.03. The van der Waals surface area contributed by atoms with E-state index in [1.807, 2.05) is 0 Å². The van der Waals surface area contributed by atoms with Crippen molar-refractivity contribution in [1.29, 1.82) is 0 Å². The van der Waals surface area contributed by atoms with Crippen LogP contribution in [0.5, 0.6) is 0 Å². The van der Waals surface area contributed by atoms with Crippen LogP contribution in [0.15, 0.2) is 68.9 Å². The molecule has 6 aliphatic rings. The van der Waals surface area contributed by atoms with Crippen LogP contribution >= 0.6 is 0 Å². The van der Waals surface area contributed by atoms with E-state index in [0.29, 0.717) is 0 Å². The molecule has 0 saturated heterocycles. The van der Waals surface area contributed by atoms with E-state index in [1.54, 1.807) is 0 Å². The predicted octanol–water partition coefficient (Wildman–Crippen LogP) is 1.49. The van der Waals surface area contributed by atoms with Crippen molar-refractivity contribution in [2.45, 2.75) is 5.41 Å². The second kappa shape index (κ2) is 4.42. The third kappa shape index (κ3) is 1.29. The van der Waals surface area contributed by atoms with Gasteiger partial charge in [-0.3, -0.25) is 21.7 Å². The minimum Gasteiger partial charge on any atom is -0.277 e. The first-order valence-electron chi connectivity index (χ1n) is 10.9. The van der Waals surface area contributed by atoms with Crippen molar-refractivity contribution in [3.63, 3.8) is 0 Å². The number of nitrogens with zero attached hydrogens (tertiary/aromatic N) is 4. The van der Waals surface area contributed by atoms with Crippen LogP contribution in [-0.4, -0.2) is 0 Å². The Balaban J connectivity index is 1.73. The van der Waals surface area contributed by atoms with Gasteiger partial charge in [-0.25, -0.2) is 0 Å². The summed E-state index contributed by atoms with van der Waals surface area (Å²) in [4.78, 5) is 0. The Morgan fingerprint density at radius 3 is 1.91 bits per heavy atom. The molecule has 1 unspecified atom stereocenters. The molecule has 0 saturated carbocycles. The zero-order valence-corrected chi connectivity index (χ0v) is 16.9.